The van der Waals surface area contributed by atoms with Gasteiger partial charge >= 0.3 is 0 Å². The molecule has 0 bridgehead atoms. The van der Waals surface area contributed by atoms with Crippen LogP contribution in [0.25, 0.3) is 0 Å². The second-order valence-electron chi connectivity index (χ2n) is 3.65. The Morgan fingerprint density at radius 3 is 2.90 bits per heavy atom. The van der Waals surface area contributed by atoms with Gasteiger partial charge < -0.3 is 9.47 Å². The number of amides is 1. The molecule has 20 heavy (non-hydrogen) atoms. The first kappa shape index (κ1) is 13.3. The molecule has 0 atom stereocenters. The van der Waals surface area contributed by atoms with Crippen LogP contribution in [0.5, 0.6) is 11.5 Å². The maximum atomic E-state index is 11.0. The summed E-state index contributed by atoms with van der Waals surface area (Å²) < 4.78 is 10.1. The lowest BCUT2D eigenvalue weighted by molar-refractivity contribution is -0.385. The van der Waals surface area contributed by atoms with Crippen molar-refractivity contribution in [1.29, 1.82) is 5.26 Å². The number of benzene rings is 1. The monoisotopic (exact) mass is 276 g/mol. The van der Waals surface area contributed by atoms with Crippen LogP contribution in [0.15, 0.2) is 17.2 Å². The van der Waals surface area contributed by atoms with Crippen LogP contribution in [0, 0.1) is 21.4 Å². The Balaban J connectivity index is 2.22. The maximum absolute atomic E-state index is 11.0. The van der Waals surface area contributed by atoms with E-state index in [0.29, 0.717) is 5.75 Å². The summed E-state index contributed by atoms with van der Waals surface area (Å²) in [5.41, 5.74) is 2.00. The van der Waals surface area contributed by atoms with E-state index in [1.54, 1.807) is 6.07 Å². The lowest BCUT2D eigenvalue weighted by Crippen LogP contribution is -2.16. The van der Waals surface area contributed by atoms with Gasteiger partial charge in [-0.2, -0.15) is 10.4 Å². The van der Waals surface area contributed by atoms with E-state index in [-0.39, 0.29) is 30.2 Å². The van der Waals surface area contributed by atoms with Crippen LogP contribution >= 0.6 is 0 Å². The van der Waals surface area contributed by atoms with Gasteiger partial charge in [0.2, 0.25) is 6.79 Å². The molecule has 2 rings (SSSR count). The SMILES string of the molecule is N#CCC(=O)N/N=C/c1cc2c(cc1[N+](=O)[O-])OCO2. The van der Waals surface area contributed by atoms with Gasteiger partial charge in [-0.05, 0) is 6.07 Å². The number of carbonyl (C=O) groups excluding carboxylic acids is 1. The lowest BCUT2D eigenvalue weighted by atomic mass is 10.1. The summed E-state index contributed by atoms with van der Waals surface area (Å²) >= 11 is 0. The van der Waals surface area contributed by atoms with E-state index in [4.69, 9.17) is 14.7 Å². The van der Waals surface area contributed by atoms with Crippen molar-refractivity contribution >= 4 is 17.8 Å². The molecule has 0 unspecified atom stereocenters. The highest BCUT2D eigenvalue weighted by atomic mass is 16.7. The van der Waals surface area contributed by atoms with Gasteiger partial charge in [-0.25, -0.2) is 5.43 Å². The first-order valence-electron chi connectivity index (χ1n) is 5.38. The van der Waals surface area contributed by atoms with Crippen molar-refractivity contribution in [3.8, 4) is 17.6 Å². The van der Waals surface area contributed by atoms with Crippen molar-refractivity contribution in [2.45, 2.75) is 6.42 Å². The fourth-order valence-electron chi connectivity index (χ4n) is 1.49. The van der Waals surface area contributed by atoms with Gasteiger partial charge in [-0.1, -0.05) is 0 Å². The van der Waals surface area contributed by atoms with Crippen molar-refractivity contribution in [1.82, 2.24) is 5.43 Å². The normalized spacial score (nSPS) is 12.2. The minimum atomic E-state index is -0.604. The van der Waals surface area contributed by atoms with Gasteiger partial charge in [0, 0.05) is 0 Å². The lowest BCUT2D eigenvalue weighted by Gasteiger charge is -2.00. The second kappa shape index (κ2) is 5.66. The highest BCUT2D eigenvalue weighted by Crippen LogP contribution is 2.37. The number of nitro benzene ring substituents is 1. The number of hydrogen-bond acceptors (Lipinski definition) is 7. The molecule has 1 aliphatic heterocycles. The first-order valence-corrected chi connectivity index (χ1v) is 5.38. The van der Waals surface area contributed by atoms with Crippen molar-refractivity contribution in [2.75, 3.05) is 6.79 Å². The second-order valence-corrected chi connectivity index (χ2v) is 3.65. The van der Waals surface area contributed by atoms with E-state index in [1.807, 2.05) is 0 Å². The zero-order chi connectivity index (χ0) is 14.5. The Bertz CT molecular complexity index is 634. The molecule has 1 aromatic carbocycles. The summed E-state index contributed by atoms with van der Waals surface area (Å²) in [6.07, 6.45) is 0.760. The minimum absolute atomic E-state index is 0.00795. The number of carbonyl (C=O) groups is 1. The molecule has 1 heterocycles. The van der Waals surface area contributed by atoms with Gasteiger partial charge in [0.05, 0.1) is 28.8 Å². The summed E-state index contributed by atoms with van der Waals surface area (Å²) in [6.45, 7) is -0.00795. The van der Waals surface area contributed by atoms with Gasteiger partial charge in [-0.15, -0.1) is 0 Å². The zero-order valence-electron chi connectivity index (χ0n) is 10.0. The van der Waals surface area contributed by atoms with Crippen LogP contribution < -0.4 is 14.9 Å². The Morgan fingerprint density at radius 1 is 1.55 bits per heavy atom. The average molecular weight is 276 g/mol. The molecular formula is C11H8N4O5. The molecule has 1 N–H and O–H groups in total. The van der Waals surface area contributed by atoms with E-state index >= 15 is 0 Å². The predicted octanol–water partition coefficient (Wildman–Crippen LogP) is 0.687. The maximum Gasteiger partial charge on any atom is 0.282 e. The van der Waals surface area contributed by atoms with Crippen LogP contribution in [0.2, 0.25) is 0 Å². The first-order chi connectivity index (χ1) is 9.61. The quantitative estimate of drug-likeness (QED) is 0.489. The third-order valence-corrected chi connectivity index (χ3v) is 2.35. The van der Waals surface area contributed by atoms with Crippen molar-refractivity contribution in [2.24, 2.45) is 5.10 Å². The Labute approximate surface area is 112 Å². The topological polar surface area (TPSA) is 127 Å². The third-order valence-electron chi connectivity index (χ3n) is 2.35. The van der Waals surface area contributed by atoms with Crippen molar-refractivity contribution in [3.05, 3.63) is 27.8 Å². The molecule has 9 heteroatoms. The third kappa shape index (κ3) is 2.81. The summed E-state index contributed by atoms with van der Waals surface area (Å²) in [7, 11) is 0. The van der Waals surface area contributed by atoms with Gasteiger partial charge in [0.1, 0.15) is 6.42 Å². The number of nitrogens with one attached hydrogen (secondary N) is 1. The number of hydrazone groups is 1. The largest absolute Gasteiger partial charge is 0.454 e. The van der Waals surface area contributed by atoms with E-state index in [0.717, 1.165) is 6.21 Å². The molecule has 1 aromatic rings. The molecule has 0 aliphatic carbocycles. The van der Waals surface area contributed by atoms with Crippen LogP contribution in [-0.4, -0.2) is 23.8 Å². The number of hydrogen-bond donors (Lipinski definition) is 1. The number of nitriles is 1. The summed E-state index contributed by atoms with van der Waals surface area (Å²) in [5, 5.41) is 22.8. The molecular weight excluding hydrogens is 268 g/mol. The summed E-state index contributed by atoms with van der Waals surface area (Å²) in [5.74, 6) is 0.0370. The molecule has 0 saturated heterocycles. The van der Waals surface area contributed by atoms with E-state index in [9.17, 15) is 14.9 Å². The highest BCUT2D eigenvalue weighted by Gasteiger charge is 2.22. The van der Waals surface area contributed by atoms with E-state index in [2.05, 4.69) is 10.5 Å². The molecule has 0 saturated carbocycles. The van der Waals surface area contributed by atoms with Crippen LogP contribution in [-0.2, 0) is 4.79 Å². The summed E-state index contributed by atoms with van der Waals surface area (Å²) in [6, 6.07) is 4.26. The molecule has 0 radical (unpaired) electrons. The number of nitrogens with zero attached hydrogens (tertiary/aromatic N) is 3. The van der Waals surface area contributed by atoms with Crippen LogP contribution in [0.4, 0.5) is 5.69 Å². The van der Waals surface area contributed by atoms with Crippen LogP contribution in [0.3, 0.4) is 0 Å². The van der Waals surface area contributed by atoms with Crippen molar-refractivity contribution < 1.29 is 19.2 Å². The van der Waals surface area contributed by atoms with E-state index in [1.165, 1.54) is 12.1 Å². The molecule has 0 aromatic heterocycles. The smallest absolute Gasteiger partial charge is 0.282 e. The van der Waals surface area contributed by atoms with Crippen molar-refractivity contribution in [3.63, 3.8) is 0 Å². The highest BCUT2D eigenvalue weighted by molar-refractivity contribution is 5.88. The molecule has 0 spiro atoms. The molecule has 0 fully saturated rings. The van der Waals surface area contributed by atoms with Gasteiger partial charge in [-0.3, -0.25) is 14.9 Å². The fourth-order valence-corrected chi connectivity index (χ4v) is 1.49. The number of ether oxygens (including phenoxy) is 2. The summed E-state index contributed by atoms with van der Waals surface area (Å²) in [4.78, 5) is 21.4. The fraction of sp³-hybridized carbons (Fsp3) is 0.182. The average Bonchev–Trinajstić information content (AvgIpc) is 2.85. The predicted molar refractivity (Wildman–Crippen MR) is 65.2 cm³/mol. The number of fused-ring (bicyclic) bond motifs is 1. The Kier molecular flexibility index (Phi) is 3.76. The zero-order valence-corrected chi connectivity index (χ0v) is 10.0. The number of rotatable bonds is 4. The number of nitro groups is 1. The van der Waals surface area contributed by atoms with Crippen LogP contribution in [0.1, 0.15) is 12.0 Å². The molecule has 1 amide bonds. The molecule has 1 aliphatic rings. The van der Waals surface area contributed by atoms with Gasteiger partial charge in [0.25, 0.3) is 11.6 Å². The minimum Gasteiger partial charge on any atom is -0.454 e. The Morgan fingerprint density at radius 2 is 2.25 bits per heavy atom. The molecule has 9 nitrogen and oxygen atoms in total. The molecule has 102 valence electrons. The van der Waals surface area contributed by atoms with E-state index < -0.39 is 10.8 Å². The Hall–Kier alpha value is -3.15. The standard InChI is InChI=1S/C11H8N4O5/c12-2-1-11(16)14-13-5-7-3-9-10(20-6-19-9)4-8(7)15(17)18/h3-5H,1,6H2,(H,14,16)/b13-5+. The van der Waals surface area contributed by atoms with Gasteiger partial charge in [0.15, 0.2) is 11.5 Å².